The molecule has 0 bridgehead atoms. The van der Waals surface area contributed by atoms with Gasteiger partial charge in [-0.15, -0.1) is 0 Å². The molecule has 2 unspecified atom stereocenters. The first-order chi connectivity index (χ1) is 8.69. The van der Waals surface area contributed by atoms with E-state index in [2.05, 4.69) is 37.9 Å². The van der Waals surface area contributed by atoms with Crippen LogP contribution in [0.2, 0.25) is 0 Å². The third kappa shape index (κ3) is 3.96. The second-order valence-electron chi connectivity index (χ2n) is 6.01. The minimum Gasteiger partial charge on any atom is -0.312 e. The Balaban J connectivity index is 2.71. The molecule has 1 N–H and O–H groups in total. The molecule has 1 rings (SSSR count). The van der Waals surface area contributed by atoms with Gasteiger partial charge in [0.05, 0.1) is 0 Å². The van der Waals surface area contributed by atoms with Gasteiger partial charge >= 0.3 is 0 Å². The molecule has 2 nitrogen and oxygen atoms in total. The smallest absolute Gasteiger partial charge is 0.0331 e. The average Bonchev–Trinajstić information content (AvgIpc) is 2.43. The Hall–Kier alpha value is -0.0800. The van der Waals surface area contributed by atoms with Gasteiger partial charge in [-0.3, -0.25) is 4.90 Å². The van der Waals surface area contributed by atoms with Crippen LogP contribution in [0.25, 0.3) is 0 Å². The van der Waals surface area contributed by atoms with Crippen molar-refractivity contribution in [3.63, 3.8) is 0 Å². The van der Waals surface area contributed by atoms with Crippen LogP contribution in [0, 0.1) is 0 Å². The van der Waals surface area contributed by atoms with Gasteiger partial charge in [-0.05, 0) is 52.2 Å². The van der Waals surface area contributed by atoms with Crippen LogP contribution < -0.4 is 5.32 Å². The quantitative estimate of drug-likeness (QED) is 0.708. The van der Waals surface area contributed by atoms with E-state index in [1.165, 1.54) is 58.0 Å². The van der Waals surface area contributed by atoms with Crippen LogP contribution in [0.15, 0.2) is 0 Å². The Morgan fingerprint density at radius 1 is 1.11 bits per heavy atom. The van der Waals surface area contributed by atoms with E-state index in [-0.39, 0.29) is 0 Å². The van der Waals surface area contributed by atoms with Crippen molar-refractivity contribution >= 4 is 0 Å². The predicted octanol–water partition coefficient (Wildman–Crippen LogP) is 3.81. The summed E-state index contributed by atoms with van der Waals surface area (Å²) < 4.78 is 0. The van der Waals surface area contributed by atoms with Crippen molar-refractivity contribution in [2.24, 2.45) is 0 Å². The summed E-state index contributed by atoms with van der Waals surface area (Å²) in [6.07, 6.45) is 9.45. The maximum atomic E-state index is 3.76. The molecular formula is C16H34N2. The Labute approximate surface area is 115 Å². The summed E-state index contributed by atoms with van der Waals surface area (Å²) >= 11 is 0. The summed E-state index contributed by atoms with van der Waals surface area (Å²) in [4.78, 5) is 2.76. The largest absolute Gasteiger partial charge is 0.312 e. The van der Waals surface area contributed by atoms with E-state index in [0.29, 0.717) is 11.6 Å². The highest BCUT2D eigenvalue weighted by molar-refractivity contribution is 4.97. The standard InChI is InChI=1S/C16H34N2/c1-5-8-12-15(17-7-3)16(4,6-2)18-13-10-9-11-14-18/h15,17H,5-14H2,1-4H3. The molecule has 1 saturated heterocycles. The van der Waals surface area contributed by atoms with Gasteiger partial charge in [0.1, 0.15) is 0 Å². The number of likely N-dealkylation sites (tertiary alicyclic amines) is 1. The van der Waals surface area contributed by atoms with Gasteiger partial charge in [0.2, 0.25) is 0 Å². The third-order valence-electron chi connectivity index (χ3n) is 4.84. The van der Waals surface area contributed by atoms with Gasteiger partial charge in [-0.1, -0.05) is 40.0 Å². The van der Waals surface area contributed by atoms with E-state index in [1.54, 1.807) is 0 Å². The summed E-state index contributed by atoms with van der Waals surface area (Å²) in [6, 6.07) is 0.658. The summed E-state index contributed by atoms with van der Waals surface area (Å²) in [5.74, 6) is 0. The number of hydrogen-bond acceptors (Lipinski definition) is 2. The number of nitrogens with zero attached hydrogens (tertiary/aromatic N) is 1. The zero-order chi connectivity index (χ0) is 13.4. The molecule has 0 aliphatic carbocycles. The number of nitrogens with one attached hydrogen (secondary N) is 1. The number of rotatable bonds is 8. The lowest BCUT2D eigenvalue weighted by Crippen LogP contribution is -2.60. The van der Waals surface area contributed by atoms with Crippen molar-refractivity contribution < 1.29 is 0 Å². The van der Waals surface area contributed by atoms with Gasteiger partial charge in [0.25, 0.3) is 0 Å². The van der Waals surface area contributed by atoms with Crippen LogP contribution in [0.3, 0.4) is 0 Å². The fourth-order valence-corrected chi connectivity index (χ4v) is 3.38. The van der Waals surface area contributed by atoms with E-state index in [0.717, 1.165) is 6.54 Å². The van der Waals surface area contributed by atoms with Gasteiger partial charge in [-0.25, -0.2) is 0 Å². The molecule has 0 aromatic rings. The zero-order valence-corrected chi connectivity index (χ0v) is 13.1. The van der Waals surface area contributed by atoms with Gasteiger partial charge in [0, 0.05) is 11.6 Å². The van der Waals surface area contributed by atoms with Gasteiger partial charge < -0.3 is 5.32 Å². The molecule has 2 atom stereocenters. The zero-order valence-electron chi connectivity index (χ0n) is 13.1. The monoisotopic (exact) mass is 254 g/mol. The van der Waals surface area contributed by atoms with Crippen LogP contribution in [0.5, 0.6) is 0 Å². The fraction of sp³-hybridized carbons (Fsp3) is 1.00. The number of unbranched alkanes of at least 4 members (excludes halogenated alkanes) is 1. The molecule has 0 saturated carbocycles. The molecule has 1 aliphatic rings. The first-order valence-electron chi connectivity index (χ1n) is 8.17. The highest BCUT2D eigenvalue weighted by Crippen LogP contribution is 2.29. The Morgan fingerprint density at radius 2 is 1.78 bits per heavy atom. The van der Waals surface area contributed by atoms with E-state index >= 15 is 0 Å². The fourth-order valence-electron chi connectivity index (χ4n) is 3.38. The molecule has 0 amide bonds. The summed E-state index contributed by atoms with van der Waals surface area (Å²) in [7, 11) is 0. The van der Waals surface area contributed by atoms with Crippen LogP contribution in [0.1, 0.15) is 72.6 Å². The van der Waals surface area contributed by atoms with Crippen LogP contribution >= 0.6 is 0 Å². The van der Waals surface area contributed by atoms with Crippen molar-refractivity contribution in [2.75, 3.05) is 19.6 Å². The molecule has 108 valence electrons. The van der Waals surface area contributed by atoms with Crippen LogP contribution in [-0.2, 0) is 0 Å². The molecule has 0 aromatic heterocycles. The molecule has 1 heterocycles. The second kappa shape index (κ2) is 8.16. The van der Waals surface area contributed by atoms with E-state index < -0.39 is 0 Å². The summed E-state index contributed by atoms with van der Waals surface area (Å²) in [6.45, 7) is 13.1. The lowest BCUT2D eigenvalue weighted by Gasteiger charge is -2.48. The third-order valence-corrected chi connectivity index (χ3v) is 4.84. The van der Waals surface area contributed by atoms with Crippen molar-refractivity contribution in [3.8, 4) is 0 Å². The Kier molecular flexibility index (Phi) is 7.25. The molecule has 2 heteroatoms. The number of hydrogen-bond donors (Lipinski definition) is 1. The van der Waals surface area contributed by atoms with E-state index in [1.807, 2.05) is 0 Å². The minimum atomic E-state index is 0.353. The van der Waals surface area contributed by atoms with Crippen LogP contribution in [-0.4, -0.2) is 36.1 Å². The van der Waals surface area contributed by atoms with Crippen molar-refractivity contribution in [2.45, 2.75) is 84.2 Å². The highest BCUT2D eigenvalue weighted by atomic mass is 15.2. The first-order valence-corrected chi connectivity index (χ1v) is 8.17. The maximum Gasteiger partial charge on any atom is 0.0331 e. The van der Waals surface area contributed by atoms with Gasteiger partial charge in [-0.2, -0.15) is 0 Å². The summed E-state index contributed by atoms with van der Waals surface area (Å²) in [5, 5.41) is 3.76. The molecule has 1 fully saturated rings. The molecule has 0 radical (unpaired) electrons. The first kappa shape index (κ1) is 16.0. The summed E-state index contributed by atoms with van der Waals surface area (Å²) in [5.41, 5.74) is 0.353. The predicted molar refractivity (Wildman–Crippen MR) is 81.1 cm³/mol. The van der Waals surface area contributed by atoms with E-state index in [4.69, 9.17) is 0 Å². The molecule has 0 aromatic carbocycles. The molecular weight excluding hydrogens is 220 g/mol. The number of likely N-dealkylation sites (N-methyl/N-ethyl adjacent to an activating group) is 1. The Bertz CT molecular complexity index is 211. The molecule has 0 spiro atoms. The number of piperidine rings is 1. The average molecular weight is 254 g/mol. The molecule has 18 heavy (non-hydrogen) atoms. The maximum absolute atomic E-state index is 3.76. The van der Waals surface area contributed by atoms with Crippen molar-refractivity contribution in [3.05, 3.63) is 0 Å². The highest BCUT2D eigenvalue weighted by Gasteiger charge is 2.37. The lowest BCUT2D eigenvalue weighted by molar-refractivity contribution is 0.0400. The van der Waals surface area contributed by atoms with Crippen molar-refractivity contribution in [1.29, 1.82) is 0 Å². The van der Waals surface area contributed by atoms with Gasteiger partial charge in [0.15, 0.2) is 0 Å². The van der Waals surface area contributed by atoms with Crippen LogP contribution in [0.4, 0.5) is 0 Å². The minimum absolute atomic E-state index is 0.353. The molecule has 1 aliphatic heterocycles. The van der Waals surface area contributed by atoms with E-state index in [9.17, 15) is 0 Å². The lowest BCUT2D eigenvalue weighted by atomic mass is 9.83. The Morgan fingerprint density at radius 3 is 2.28 bits per heavy atom. The normalized spacial score (nSPS) is 22.7. The topological polar surface area (TPSA) is 15.3 Å². The second-order valence-corrected chi connectivity index (χ2v) is 6.01. The van der Waals surface area contributed by atoms with Crippen molar-refractivity contribution in [1.82, 2.24) is 10.2 Å². The SMILES string of the molecule is CCCCC(NCC)C(C)(CC)N1CCCCC1.